The third-order valence-corrected chi connectivity index (χ3v) is 1.15. The van der Waals surface area contributed by atoms with E-state index in [1.807, 2.05) is 0 Å². The molecule has 43 valence electrons. The van der Waals surface area contributed by atoms with Crippen LogP contribution in [0.2, 0.25) is 0 Å². The summed E-state index contributed by atoms with van der Waals surface area (Å²) >= 11 is 0. The van der Waals surface area contributed by atoms with Crippen molar-refractivity contribution in [1.82, 2.24) is 0 Å². The lowest BCUT2D eigenvalue weighted by molar-refractivity contribution is 0.206. The van der Waals surface area contributed by atoms with Gasteiger partial charge in [0.25, 0.3) is 0 Å². The molecule has 0 atom stereocenters. The molecule has 0 unspecified atom stereocenters. The molecule has 0 amide bonds. The molecule has 2 N–H and O–H groups in total. The molecule has 0 fully saturated rings. The highest BCUT2D eigenvalue weighted by molar-refractivity contribution is 7.51. The van der Waals surface area contributed by atoms with Crippen molar-refractivity contribution in [2.24, 2.45) is 0 Å². The van der Waals surface area contributed by atoms with Crippen LogP contribution in [0.1, 0.15) is 0 Å². The van der Waals surface area contributed by atoms with Gasteiger partial charge in [0.15, 0.2) is 0 Å². The molecule has 0 heterocycles. The maximum Gasteiger partial charge on any atom is 0.328 e. The van der Waals surface area contributed by atoms with Gasteiger partial charge in [-0.1, -0.05) is 0 Å². The Hall–Kier alpha value is 0.110. The lowest BCUT2D eigenvalue weighted by Gasteiger charge is -1.95. The van der Waals surface area contributed by atoms with Gasteiger partial charge in [0.2, 0.25) is 0 Å². The van der Waals surface area contributed by atoms with Gasteiger partial charge in [-0.15, -0.1) is 0 Å². The Morgan fingerprint density at radius 2 is 1.86 bits per heavy atom. The Morgan fingerprint density at radius 1 is 1.43 bits per heavy atom. The molecule has 5 heteroatoms. The summed E-state index contributed by atoms with van der Waals surface area (Å²) in [4.78, 5) is 15.9. The molecule has 4 nitrogen and oxygen atoms in total. The summed E-state index contributed by atoms with van der Waals surface area (Å²) in [5, 5.41) is 9.45. The van der Waals surface area contributed by atoms with Crippen molar-refractivity contribution in [1.29, 1.82) is 0 Å². The first-order valence-corrected chi connectivity index (χ1v) is 3.49. The third-order valence-electron chi connectivity index (χ3n) is 0.383. The van der Waals surface area contributed by atoms with E-state index < -0.39 is 20.4 Å². The molecular formula is C2H6O4P. The minimum Gasteiger partial charge on any atom is -0.324 e. The van der Waals surface area contributed by atoms with E-state index in [4.69, 9.17) is 9.79 Å². The highest BCUT2D eigenvalue weighted by atomic mass is 31.2. The number of hydrogen-bond acceptors (Lipinski definition) is 1. The normalized spacial score (nSPS) is 11.9. The van der Waals surface area contributed by atoms with Crippen LogP contribution in [0.25, 0.3) is 0 Å². The van der Waals surface area contributed by atoms with Crippen molar-refractivity contribution in [2.45, 2.75) is 0 Å². The molecule has 0 aromatic carbocycles. The van der Waals surface area contributed by atoms with Crippen molar-refractivity contribution in [3.63, 3.8) is 0 Å². The summed E-state index contributed by atoms with van der Waals surface area (Å²) in [6, 6.07) is 0. The highest BCUT2D eigenvalue weighted by Crippen LogP contribution is 2.32. The van der Waals surface area contributed by atoms with Gasteiger partial charge >= 0.3 is 7.60 Å². The number of hydrogen-bond donors (Lipinski definition) is 2. The summed E-state index contributed by atoms with van der Waals surface area (Å²) < 4.78 is 9.73. The Morgan fingerprint density at radius 3 is 1.86 bits per heavy atom. The zero-order valence-electron chi connectivity index (χ0n) is 3.57. The van der Waals surface area contributed by atoms with E-state index in [2.05, 4.69) is 0 Å². The highest BCUT2D eigenvalue weighted by Gasteiger charge is 2.10. The second-order valence-corrected chi connectivity index (χ2v) is 2.87. The van der Waals surface area contributed by atoms with E-state index in [1.54, 1.807) is 0 Å². The lowest BCUT2D eigenvalue weighted by Crippen LogP contribution is -1.90. The second kappa shape index (κ2) is 2.43. The summed E-state index contributed by atoms with van der Waals surface area (Å²) in [7, 11) is -3.98. The summed E-state index contributed by atoms with van der Waals surface area (Å²) in [5.41, 5.74) is 0. The lowest BCUT2D eigenvalue weighted by atomic mass is 10.9. The van der Waals surface area contributed by atoms with E-state index in [1.165, 1.54) is 0 Å². The average Bonchev–Trinajstić information content (AvgIpc) is 1.30. The van der Waals surface area contributed by atoms with Gasteiger partial charge in [-0.2, -0.15) is 0 Å². The minimum absolute atomic E-state index is 0.549. The maximum atomic E-state index is 9.73. The third kappa shape index (κ3) is 6.11. The van der Waals surface area contributed by atoms with Crippen LogP contribution in [0.3, 0.4) is 0 Å². The van der Waals surface area contributed by atoms with Gasteiger partial charge in [-0.3, -0.25) is 4.57 Å². The molecule has 0 aliphatic heterocycles. The van der Waals surface area contributed by atoms with Gasteiger partial charge in [-0.25, -0.2) is 5.11 Å². The first-order chi connectivity index (χ1) is 3.06. The smallest absolute Gasteiger partial charge is 0.324 e. The molecule has 0 aromatic rings. The Bertz CT molecular complexity index is 83.7. The molecule has 0 saturated carbocycles. The zero-order chi connectivity index (χ0) is 5.91. The number of rotatable bonds is 2. The van der Waals surface area contributed by atoms with Crippen LogP contribution >= 0.6 is 7.60 Å². The van der Waals surface area contributed by atoms with E-state index in [-0.39, 0.29) is 0 Å². The fourth-order valence-corrected chi connectivity index (χ4v) is 0.357. The van der Waals surface area contributed by atoms with Crippen LogP contribution in [-0.2, 0) is 9.67 Å². The fourth-order valence-electron chi connectivity index (χ4n) is 0.119. The van der Waals surface area contributed by atoms with Crippen molar-refractivity contribution in [3.05, 3.63) is 0 Å². The molecule has 1 radical (unpaired) electrons. The minimum atomic E-state index is -3.98. The predicted molar refractivity (Wildman–Crippen MR) is 22.5 cm³/mol. The van der Waals surface area contributed by atoms with Crippen LogP contribution in [0.5, 0.6) is 0 Å². The van der Waals surface area contributed by atoms with E-state index in [9.17, 15) is 9.67 Å². The summed E-state index contributed by atoms with van der Waals surface area (Å²) in [5.74, 6) is 0. The largest absolute Gasteiger partial charge is 0.328 e. The molecular weight excluding hydrogens is 119 g/mol. The topological polar surface area (TPSA) is 77.4 Å². The molecule has 0 aliphatic rings. The molecule has 0 saturated heterocycles. The van der Waals surface area contributed by atoms with Gasteiger partial charge in [0, 0.05) is 0 Å². The second-order valence-electron chi connectivity index (χ2n) is 1.09. The van der Waals surface area contributed by atoms with Crippen molar-refractivity contribution >= 4 is 7.60 Å². The molecule has 7 heavy (non-hydrogen) atoms. The molecule has 0 bridgehead atoms. The van der Waals surface area contributed by atoms with Crippen LogP contribution < -0.4 is 0 Å². The summed E-state index contributed by atoms with van der Waals surface area (Å²) in [6.45, 7) is -0.704. The molecule has 0 spiro atoms. The standard InChI is InChI=1S/C2H6O4P/c3-1-2-7(4,5)6/h1-2H2,(H2,4,5,6). The van der Waals surface area contributed by atoms with Crippen LogP contribution in [-0.4, -0.2) is 22.6 Å². The van der Waals surface area contributed by atoms with E-state index >= 15 is 0 Å². The van der Waals surface area contributed by atoms with Gasteiger partial charge in [0.1, 0.15) is 0 Å². The Kier molecular flexibility index (Phi) is 2.46. The van der Waals surface area contributed by atoms with Gasteiger partial charge in [-0.05, 0) is 0 Å². The quantitative estimate of drug-likeness (QED) is 0.492. The zero-order valence-corrected chi connectivity index (χ0v) is 4.47. The van der Waals surface area contributed by atoms with Crippen molar-refractivity contribution in [3.8, 4) is 0 Å². The van der Waals surface area contributed by atoms with E-state index in [0.717, 1.165) is 0 Å². The van der Waals surface area contributed by atoms with Gasteiger partial charge < -0.3 is 9.79 Å². The SMILES string of the molecule is [O]CCP(=O)(O)O. The van der Waals surface area contributed by atoms with Crippen molar-refractivity contribution in [2.75, 3.05) is 12.8 Å². The van der Waals surface area contributed by atoms with Crippen LogP contribution in [0, 0.1) is 0 Å². The van der Waals surface area contributed by atoms with Crippen LogP contribution in [0.4, 0.5) is 0 Å². The Balaban J connectivity index is 3.36. The summed E-state index contributed by atoms with van der Waals surface area (Å²) in [6.07, 6.45) is -0.549. The van der Waals surface area contributed by atoms with Gasteiger partial charge in [0.05, 0.1) is 12.8 Å². The molecule has 0 aromatic heterocycles. The Labute approximate surface area is 40.9 Å². The van der Waals surface area contributed by atoms with E-state index in [0.29, 0.717) is 0 Å². The molecule has 0 rings (SSSR count). The van der Waals surface area contributed by atoms with Crippen LogP contribution in [0.15, 0.2) is 0 Å². The predicted octanol–water partition coefficient (Wildman–Crippen LogP) is -0.405. The average molecular weight is 125 g/mol. The molecule has 0 aliphatic carbocycles. The maximum absolute atomic E-state index is 9.73. The fraction of sp³-hybridized carbons (Fsp3) is 1.00. The monoisotopic (exact) mass is 125 g/mol. The van der Waals surface area contributed by atoms with Crippen molar-refractivity contribution < 1.29 is 19.5 Å². The first-order valence-electron chi connectivity index (χ1n) is 1.69. The first kappa shape index (κ1) is 7.11.